The summed E-state index contributed by atoms with van der Waals surface area (Å²) in [5.41, 5.74) is 8.15. The van der Waals surface area contributed by atoms with Crippen LogP contribution in [-0.2, 0) is 24.8 Å². The van der Waals surface area contributed by atoms with Gasteiger partial charge in [0.05, 0.1) is 5.69 Å². The molecule has 0 aliphatic heterocycles. The first-order chi connectivity index (χ1) is 10.1. The molecule has 0 bridgehead atoms. The Morgan fingerprint density at radius 3 is 2.76 bits per heavy atom. The van der Waals surface area contributed by atoms with Crippen molar-refractivity contribution in [2.45, 2.75) is 58.4 Å². The van der Waals surface area contributed by atoms with Crippen molar-refractivity contribution in [1.82, 2.24) is 15.1 Å². The van der Waals surface area contributed by atoms with Crippen molar-refractivity contribution in [3.63, 3.8) is 0 Å². The average Bonchev–Trinajstić information content (AvgIpc) is 2.86. The van der Waals surface area contributed by atoms with Crippen LogP contribution in [0.1, 0.15) is 56.7 Å². The number of hydrogen-bond acceptors (Lipinski definition) is 3. The summed E-state index contributed by atoms with van der Waals surface area (Å²) in [6.45, 7) is 3.27. The van der Waals surface area contributed by atoms with Crippen LogP contribution in [0.4, 0.5) is 0 Å². The van der Waals surface area contributed by atoms with Gasteiger partial charge in [0.15, 0.2) is 0 Å². The number of aryl methyl sites for hydroxylation is 2. The monoisotopic (exact) mass is 292 g/mol. The Kier molecular flexibility index (Phi) is 5.39. The molecule has 0 spiro atoms. The fourth-order valence-corrected chi connectivity index (χ4v) is 3.38. The molecule has 1 aromatic rings. The molecule has 1 fully saturated rings. The lowest BCUT2D eigenvalue weighted by molar-refractivity contribution is -0.124. The second-order valence-corrected chi connectivity index (χ2v) is 6.35. The van der Waals surface area contributed by atoms with Crippen molar-refractivity contribution in [2.24, 2.45) is 18.2 Å². The van der Waals surface area contributed by atoms with Gasteiger partial charge in [-0.15, -0.1) is 0 Å². The van der Waals surface area contributed by atoms with E-state index in [4.69, 9.17) is 5.73 Å². The Bertz CT molecular complexity index is 475. The molecule has 0 atom stereocenters. The smallest absolute Gasteiger partial charge is 0.220 e. The van der Waals surface area contributed by atoms with Gasteiger partial charge in [0.2, 0.25) is 5.91 Å². The zero-order chi connectivity index (χ0) is 15.3. The fourth-order valence-electron chi connectivity index (χ4n) is 3.38. The molecular weight excluding hydrogens is 264 g/mol. The first kappa shape index (κ1) is 16.0. The highest BCUT2D eigenvalue weighted by Crippen LogP contribution is 2.38. The van der Waals surface area contributed by atoms with Crippen LogP contribution in [0.15, 0.2) is 6.20 Å². The summed E-state index contributed by atoms with van der Waals surface area (Å²) in [4.78, 5) is 12.3. The number of hydrogen-bond donors (Lipinski definition) is 2. The minimum Gasteiger partial charge on any atom is -0.352 e. The van der Waals surface area contributed by atoms with E-state index in [-0.39, 0.29) is 11.3 Å². The normalized spacial score (nSPS) is 17.7. The van der Waals surface area contributed by atoms with Gasteiger partial charge in [0, 0.05) is 31.8 Å². The van der Waals surface area contributed by atoms with Gasteiger partial charge >= 0.3 is 0 Å². The summed E-state index contributed by atoms with van der Waals surface area (Å²) in [6, 6.07) is 0. The Balaban J connectivity index is 1.89. The number of nitrogens with zero attached hydrogens (tertiary/aromatic N) is 2. The quantitative estimate of drug-likeness (QED) is 0.841. The predicted molar refractivity (Wildman–Crippen MR) is 83.6 cm³/mol. The van der Waals surface area contributed by atoms with Gasteiger partial charge in [-0.25, -0.2) is 0 Å². The minimum atomic E-state index is 0.0326. The van der Waals surface area contributed by atoms with Gasteiger partial charge in [-0.3, -0.25) is 9.48 Å². The van der Waals surface area contributed by atoms with Crippen LogP contribution in [0.5, 0.6) is 0 Å². The van der Waals surface area contributed by atoms with Gasteiger partial charge < -0.3 is 11.1 Å². The van der Waals surface area contributed by atoms with Gasteiger partial charge in [-0.05, 0) is 31.2 Å². The number of carbonyl (C=O) groups excluding carboxylic acids is 1. The molecule has 21 heavy (non-hydrogen) atoms. The number of rotatable bonds is 6. The number of carbonyl (C=O) groups is 1. The summed E-state index contributed by atoms with van der Waals surface area (Å²) in [5, 5.41) is 7.44. The highest BCUT2D eigenvalue weighted by Gasteiger charge is 2.32. The standard InChI is InChI=1S/C16H28N4O/c1-3-14-13(11-20(2)19-14)10-18-15(21)9-16(12-17)7-5-4-6-8-16/h11H,3-10,12,17H2,1-2H3,(H,18,21). The van der Waals surface area contributed by atoms with Crippen molar-refractivity contribution in [3.05, 3.63) is 17.5 Å². The van der Waals surface area contributed by atoms with E-state index in [9.17, 15) is 4.79 Å². The summed E-state index contributed by atoms with van der Waals surface area (Å²) < 4.78 is 1.81. The molecule has 1 aliphatic rings. The van der Waals surface area contributed by atoms with Crippen molar-refractivity contribution in [1.29, 1.82) is 0 Å². The second-order valence-electron chi connectivity index (χ2n) is 6.35. The Morgan fingerprint density at radius 2 is 2.14 bits per heavy atom. The van der Waals surface area contributed by atoms with E-state index >= 15 is 0 Å². The zero-order valence-electron chi connectivity index (χ0n) is 13.3. The van der Waals surface area contributed by atoms with E-state index in [0.29, 0.717) is 19.5 Å². The fraction of sp³-hybridized carbons (Fsp3) is 0.750. The minimum absolute atomic E-state index is 0.0326. The van der Waals surface area contributed by atoms with Gasteiger partial charge in [-0.1, -0.05) is 26.2 Å². The van der Waals surface area contributed by atoms with Crippen LogP contribution < -0.4 is 11.1 Å². The molecule has 0 saturated heterocycles. The first-order valence-electron chi connectivity index (χ1n) is 8.07. The van der Waals surface area contributed by atoms with Gasteiger partial charge in [0.25, 0.3) is 0 Å². The van der Waals surface area contributed by atoms with Crippen molar-refractivity contribution < 1.29 is 4.79 Å². The van der Waals surface area contributed by atoms with Gasteiger partial charge in [-0.2, -0.15) is 5.10 Å². The van der Waals surface area contributed by atoms with Gasteiger partial charge in [0.1, 0.15) is 0 Å². The van der Waals surface area contributed by atoms with E-state index in [1.807, 2.05) is 17.9 Å². The molecule has 2 rings (SSSR count). The lowest BCUT2D eigenvalue weighted by Crippen LogP contribution is -2.38. The van der Waals surface area contributed by atoms with E-state index < -0.39 is 0 Å². The second kappa shape index (κ2) is 7.07. The number of amides is 1. The topological polar surface area (TPSA) is 72.9 Å². The highest BCUT2D eigenvalue weighted by molar-refractivity contribution is 5.76. The number of nitrogens with one attached hydrogen (secondary N) is 1. The molecular formula is C16H28N4O. The largest absolute Gasteiger partial charge is 0.352 e. The maximum absolute atomic E-state index is 12.3. The molecule has 5 heteroatoms. The third kappa shape index (κ3) is 4.06. The number of nitrogens with two attached hydrogens (primary N) is 1. The third-order valence-corrected chi connectivity index (χ3v) is 4.69. The first-order valence-corrected chi connectivity index (χ1v) is 8.07. The third-order valence-electron chi connectivity index (χ3n) is 4.69. The van der Waals surface area contributed by atoms with Crippen molar-refractivity contribution in [2.75, 3.05) is 6.54 Å². The molecule has 118 valence electrons. The summed E-state index contributed by atoms with van der Waals surface area (Å²) in [7, 11) is 1.91. The molecule has 1 aromatic heterocycles. The van der Waals surface area contributed by atoms with Crippen LogP contribution in [0.3, 0.4) is 0 Å². The molecule has 1 aliphatic carbocycles. The molecule has 1 saturated carbocycles. The zero-order valence-corrected chi connectivity index (χ0v) is 13.3. The van der Waals surface area contributed by atoms with E-state index in [1.165, 1.54) is 19.3 Å². The predicted octanol–water partition coefficient (Wildman–Crippen LogP) is 1.90. The van der Waals surface area contributed by atoms with Crippen LogP contribution in [0.2, 0.25) is 0 Å². The molecule has 5 nitrogen and oxygen atoms in total. The van der Waals surface area contributed by atoms with Crippen LogP contribution >= 0.6 is 0 Å². The van der Waals surface area contributed by atoms with Crippen LogP contribution in [0, 0.1) is 5.41 Å². The van der Waals surface area contributed by atoms with E-state index in [1.54, 1.807) is 0 Å². The van der Waals surface area contributed by atoms with Crippen LogP contribution in [-0.4, -0.2) is 22.2 Å². The van der Waals surface area contributed by atoms with Crippen molar-refractivity contribution in [3.8, 4) is 0 Å². The lowest BCUT2D eigenvalue weighted by atomic mass is 9.71. The molecule has 1 heterocycles. The molecule has 1 amide bonds. The maximum atomic E-state index is 12.3. The Morgan fingerprint density at radius 1 is 1.43 bits per heavy atom. The highest BCUT2D eigenvalue weighted by atomic mass is 16.1. The number of aromatic nitrogens is 2. The van der Waals surface area contributed by atoms with E-state index in [2.05, 4.69) is 17.3 Å². The molecule has 0 radical (unpaired) electrons. The average molecular weight is 292 g/mol. The Hall–Kier alpha value is -1.36. The Labute approximate surface area is 127 Å². The SMILES string of the molecule is CCc1nn(C)cc1CNC(=O)CC1(CN)CCCCC1. The maximum Gasteiger partial charge on any atom is 0.220 e. The van der Waals surface area contributed by atoms with Crippen molar-refractivity contribution >= 4 is 5.91 Å². The summed E-state index contributed by atoms with van der Waals surface area (Å²) in [6.07, 6.45) is 9.29. The summed E-state index contributed by atoms with van der Waals surface area (Å²) >= 11 is 0. The van der Waals surface area contributed by atoms with E-state index in [0.717, 1.165) is 30.5 Å². The molecule has 0 aromatic carbocycles. The molecule has 0 unspecified atom stereocenters. The lowest BCUT2D eigenvalue weighted by Gasteiger charge is -2.35. The molecule has 3 N–H and O–H groups in total. The summed E-state index contributed by atoms with van der Waals surface area (Å²) in [5.74, 6) is 0.119. The van der Waals surface area contributed by atoms with Crippen LogP contribution in [0.25, 0.3) is 0 Å².